The van der Waals surface area contributed by atoms with Crippen molar-refractivity contribution in [1.29, 1.82) is 0 Å². The Labute approximate surface area is 91.7 Å². The number of rotatable bonds is 2. The number of hydrogen-bond donors (Lipinski definition) is 0. The molecule has 0 N–H and O–H groups in total. The number of carbonyl (C=O) groups is 1. The fourth-order valence-electron chi connectivity index (χ4n) is 3.35. The summed E-state index contributed by atoms with van der Waals surface area (Å²) in [5.41, 5.74) is 1.23. The van der Waals surface area contributed by atoms with Gasteiger partial charge in [0.25, 0.3) is 0 Å². The lowest BCUT2D eigenvalue weighted by atomic mass is 9.69. The minimum Gasteiger partial charge on any atom is -0.466 e. The third-order valence-electron chi connectivity index (χ3n) is 4.23. The molecule has 2 nitrogen and oxygen atoms in total. The molecule has 84 valence electrons. The molecule has 0 aromatic carbocycles. The zero-order chi connectivity index (χ0) is 11.1. The Balaban J connectivity index is 2.24. The third-order valence-corrected chi connectivity index (χ3v) is 4.23. The van der Waals surface area contributed by atoms with E-state index in [0.717, 1.165) is 25.7 Å². The van der Waals surface area contributed by atoms with Crippen molar-refractivity contribution in [1.82, 2.24) is 0 Å². The summed E-state index contributed by atoms with van der Waals surface area (Å²) >= 11 is 0. The Morgan fingerprint density at radius 2 is 2.27 bits per heavy atom. The van der Waals surface area contributed by atoms with Crippen LogP contribution in [-0.2, 0) is 9.53 Å². The van der Waals surface area contributed by atoms with Crippen LogP contribution in [0.25, 0.3) is 0 Å². The third kappa shape index (κ3) is 1.51. The lowest BCUT2D eigenvalue weighted by molar-refractivity contribution is -0.157. The van der Waals surface area contributed by atoms with E-state index in [1.54, 1.807) is 0 Å². The molecule has 0 unspecified atom stereocenters. The topological polar surface area (TPSA) is 26.3 Å². The van der Waals surface area contributed by atoms with Crippen LogP contribution < -0.4 is 0 Å². The van der Waals surface area contributed by atoms with Crippen molar-refractivity contribution in [2.75, 3.05) is 6.61 Å². The number of carbonyl (C=O) groups excluding carboxylic acids is 1. The van der Waals surface area contributed by atoms with Gasteiger partial charge in [0.2, 0.25) is 0 Å². The van der Waals surface area contributed by atoms with Crippen LogP contribution in [0, 0.1) is 10.8 Å². The van der Waals surface area contributed by atoms with Gasteiger partial charge in [-0.15, -0.1) is 0 Å². The Bertz CT molecular complexity index is 308. The molecule has 0 spiro atoms. The maximum atomic E-state index is 12.0. The molecule has 0 aliphatic heterocycles. The van der Waals surface area contributed by atoms with Crippen LogP contribution in [0.4, 0.5) is 0 Å². The van der Waals surface area contributed by atoms with Gasteiger partial charge < -0.3 is 4.74 Å². The van der Waals surface area contributed by atoms with E-state index < -0.39 is 0 Å². The highest BCUT2D eigenvalue weighted by Gasteiger charge is 2.55. The molecule has 0 aromatic rings. The molecule has 15 heavy (non-hydrogen) atoms. The molecule has 0 aromatic heterocycles. The molecule has 2 aliphatic carbocycles. The molecule has 2 rings (SSSR count). The average molecular weight is 208 g/mol. The average Bonchev–Trinajstić information content (AvgIpc) is 2.35. The summed E-state index contributed by atoms with van der Waals surface area (Å²) in [4.78, 5) is 12.0. The SMILES string of the molecule is C=C1C[C@]2(C(=O)OCC)CCC[C@@]1(C)C2. The van der Waals surface area contributed by atoms with Gasteiger partial charge in [-0.05, 0) is 38.0 Å². The van der Waals surface area contributed by atoms with E-state index in [-0.39, 0.29) is 16.8 Å². The van der Waals surface area contributed by atoms with E-state index in [2.05, 4.69) is 13.5 Å². The number of allylic oxidation sites excluding steroid dienone is 1. The van der Waals surface area contributed by atoms with Gasteiger partial charge >= 0.3 is 5.97 Å². The largest absolute Gasteiger partial charge is 0.466 e. The summed E-state index contributed by atoms with van der Waals surface area (Å²) in [7, 11) is 0. The van der Waals surface area contributed by atoms with Crippen LogP contribution in [0.2, 0.25) is 0 Å². The number of fused-ring (bicyclic) bond motifs is 2. The normalized spacial score (nSPS) is 39.2. The van der Waals surface area contributed by atoms with Gasteiger partial charge in [0, 0.05) is 0 Å². The smallest absolute Gasteiger partial charge is 0.312 e. The van der Waals surface area contributed by atoms with E-state index in [4.69, 9.17) is 4.74 Å². The van der Waals surface area contributed by atoms with Crippen molar-refractivity contribution >= 4 is 5.97 Å². The molecule has 2 fully saturated rings. The van der Waals surface area contributed by atoms with Crippen LogP contribution in [-0.4, -0.2) is 12.6 Å². The molecule has 0 amide bonds. The standard InChI is InChI=1S/C13H20O2/c1-4-15-11(14)13-7-5-6-12(3,9-13)10(2)8-13/h2,4-9H2,1,3H3/t12-,13+/m0/s1. The molecule has 0 heterocycles. The monoisotopic (exact) mass is 208 g/mol. The van der Waals surface area contributed by atoms with Crippen molar-refractivity contribution in [3.05, 3.63) is 12.2 Å². The van der Waals surface area contributed by atoms with E-state index in [0.29, 0.717) is 6.61 Å². The van der Waals surface area contributed by atoms with Gasteiger partial charge in [0.15, 0.2) is 0 Å². The molecule has 2 saturated carbocycles. The highest BCUT2D eigenvalue weighted by atomic mass is 16.5. The van der Waals surface area contributed by atoms with E-state index in [1.807, 2.05) is 6.92 Å². The minimum atomic E-state index is -0.222. The first-order valence-corrected chi connectivity index (χ1v) is 5.88. The Kier molecular flexibility index (Phi) is 2.40. The van der Waals surface area contributed by atoms with E-state index in [1.165, 1.54) is 12.0 Å². The van der Waals surface area contributed by atoms with Crippen LogP contribution in [0.15, 0.2) is 12.2 Å². The summed E-state index contributed by atoms with van der Waals surface area (Å²) in [5.74, 6) is 0.00887. The molecule has 2 heteroatoms. The maximum Gasteiger partial charge on any atom is 0.312 e. The number of ether oxygens (including phenoxy) is 1. The van der Waals surface area contributed by atoms with Gasteiger partial charge in [-0.3, -0.25) is 4.79 Å². The van der Waals surface area contributed by atoms with Crippen molar-refractivity contribution < 1.29 is 9.53 Å². The Hall–Kier alpha value is -0.790. The quantitative estimate of drug-likeness (QED) is 0.515. The molecule has 2 aliphatic rings. The van der Waals surface area contributed by atoms with Crippen molar-refractivity contribution in [3.8, 4) is 0 Å². The summed E-state index contributed by atoms with van der Waals surface area (Å²) in [6.45, 7) is 8.76. The predicted octanol–water partition coefficient (Wildman–Crippen LogP) is 3.08. The van der Waals surface area contributed by atoms with Crippen molar-refractivity contribution in [3.63, 3.8) is 0 Å². The van der Waals surface area contributed by atoms with Crippen molar-refractivity contribution in [2.24, 2.45) is 10.8 Å². The van der Waals surface area contributed by atoms with Crippen LogP contribution >= 0.6 is 0 Å². The predicted molar refractivity (Wildman–Crippen MR) is 59.4 cm³/mol. The summed E-state index contributed by atoms with van der Waals surface area (Å²) in [6.07, 6.45) is 5.11. The molecule has 0 saturated heterocycles. The first kappa shape index (κ1) is 10.7. The Morgan fingerprint density at radius 1 is 1.53 bits per heavy atom. The first-order chi connectivity index (χ1) is 7.02. The zero-order valence-electron chi connectivity index (χ0n) is 9.77. The lowest BCUT2D eigenvalue weighted by Gasteiger charge is -2.35. The minimum absolute atomic E-state index is 0.00887. The fourth-order valence-corrected chi connectivity index (χ4v) is 3.35. The zero-order valence-corrected chi connectivity index (χ0v) is 9.77. The molecule has 2 bridgehead atoms. The van der Waals surface area contributed by atoms with Gasteiger partial charge in [0.1, 0.15) is 0 Å². The molecule has 2 atom stereocenters. The summed E-state index contributed by atoms with van der Waals surface area (Å²) < 4.78 is 5.22. The van der Waals surface area contributed by atoms with Crippen LogP contribution in [0.3, 0.4) is 0 Å². The molecule has 0 radical (unpaired) electrons. The lowest BCUT2D eigenvalue weighted by Crippen LogP contribution is -2.34. The molecular weight excluding hydrogens is 188 g/mol. The number of esters is 1. The maximum absolute atomic E-state index is 12.0. The highest BCUT2D eigenvalue weighted by Crippen LogP contribution is 2.60. The highest BCUT2D eigenvalue weighted by molar-refractivity contribution is 5.78. The fraction of sp³-hybridized carbons (Fsp3) is 0.769. The van der Waals surface area contributed by atoms with Crippen LogP contribution in [0.1, 0.15) is 46.0 Å². The van der Waals surface area contributed by atoms with Gasteiger partial charge in [0.05, 0.1) is 12.0 Å². The van der Waals surface area contributed by atoms with Gasteiger partial charge in [-0.1, -0.05) is 25.5 Å². The second-order valence-electron chi connectivity index (χ2n) is 5.37. The second kappa shape index (κ2) is 3.36. The van der Waals surface area contributed by atoms with Gasteiger partial charge in [-0.2, -0.15) is 0 Å². The molecular formula is C13H20O2. The van der Waals surface area contributed by atoms with Crippen LogP contribution in [0.5, 0.6) is 0 Å². The summed E-state index contributed by atoms with van der Waals surface area (Å²) in [5, 5.41) is 0. The second-order valence-corrected chi connectivity index (χ2v) is 5.37. The van der Waals surface area contributed by atoms with Gasteiger partial charge in [-0.25, -0.2) is 0 Å². The van der Waals surface area contributed by atoms with E-state index >= 15 is 0 Å². The van der Waals surface area contributed by atoms with Crippen molar-refractivity contribution in [2.45, 2.75) is 46.0 Å². The number of hydrogen-bond acceptors (Lipinski definition) is 2. The van der Waals surface area contributed by atoms with E-state index in [9.17, 15) is 4.79 Å². The first-order valence-electron chi connectivity index (χ1n) is 5.88. The summed E-state index contributed by atoms with van der Waals surface area (Å²) in [6, 6.07) is 0. The Morgan fingerprint density at radius 3 is 2.93 bits per heavy atom.